The van der Waals surface area contributed by atoms with Crippen LogP contribution in [0.15, 0.2) is 66.7 Å². The highest BCUT2D eigenvalue weighted by Gasteiger charge is 2.11. The molecule has 0 atom stereocenters. The molecule has 0 saturated heterocycles. The number of benzene rings is 2. The second-order valence-corrected chi connectivity index (χ2v) is 6.46. The molecule has 0 bridgehead atoms. The van der Waals surface area contributed by atoms with Crippen LogP contribution in [0.2, 0.25) is 0 Å². The van der Waals surface area contributed by atoms with Crippen molar-refractivity contribution in [1.29, 1.82) is 10.5 Å². The normalized spacial score (nSPS) is 10.9. The highest BCUT2D eigenvalue weighted by Crippen LogP contribution is 2.11. The Balaban J connectivity index is 1.93. The van der Waals surface area contributed by atoms with Crippen LogP contribution in [-0.2, 0) is 6.54 Å². The fourth-order valence-electron chi connectivity index (χ4n) is 3.04. The SMILES string of the molecule is N#Cc1cccc(/C=C/c2cccc(/C=C/c3cccc(C#N)c3)[n+]2CCN)c1. The van der Waals surface area contributed by atoms with Gasteiger partial charge < -0.3 is 5.73 Å². The summed E-state index contributed by atoms with van der Waals surface area (Å²) < 4.78 is 2.15. The van der Waals surface area contributed by atoms with Crippen LogP contribution in [0.4, 0.5) is 0 Å². The molecule has 1 aromatic heterocycles. The molecule has 2 aromatic carbocycles. The molecule has 0 aliphatic heterocycles. The number of nitrogens with zero attached hydrogens (tertiary/aromatic N) is 3. The number of nitriles is 2. The van der Waals surface area contributed by atoms with Crippen LogP contribution in [0, 0.1) is 22.7 Å². The average Bonchev–Trinajstić information content (AvgIpc) is 2.77. The number of pyridine rings is 1. The fourth-order valence-corrected chi connectivity index (χ4v) is 3.04. The molecule has 140 valence electrons. The van der Waals surface area contributed by atoms with Gasteiger partial charge in [-0.25, -0.2) is 0 Å². The van der Waals surface area contributed by atoms with Gasteiger partial charge in [0.2, 0.25) is 11.4 Å². The summed E-state index contributed by atoms with van der Waals surface area (Å²) in [4.78, 5) is 0. The summed E-state index contributed by atoms with van der Waals surface area (Å²) in [5.41, 5.74) is 11.1. The molecule has 0 aliphatic rings. The lowest BCUT2D eigenvalue weighted by Crippen LogP contribution is -2.43. The van der Waals surface area contributed by atoms with Crippen molar-refractivity contribution in [3.05, 3.63) is 100 Å². The third kappa shape index (κ3) is 5.26. The van der Waals surface area contributed by atoms with Crippen molar-refractivity contribution < 1.29 is 4.57 Å². The molecule has 0 aliphatic carbocycles. The third-order valence-electron chi connectivity index (χ3n) is 4.43. The van der Waals surface area contributed by atoms with Gasteiger partial charge in [-0.15, -0.1) is 0 Å². The summed E-state index contributed by atoms with van der Waals surface area (Å²) in [5, 5.41) is 18.1. The molecule has 0 saturated carbocycles. The van der Waals surface area contributed by atoms with Crippen LogP contribution >= 0.6 is 0 Å². The van der Waals surface area contributed by atoms with Crippen LogP contribution in [-0.4, -0.2) is 6.54 Å². The van der Waals surface area contributed by atoms with Gasteiger partial charge in [-0.1, -0.05) is 24.3 Å². The predicted octanol–water partition coefficient (Wildman–Crippen LogP) is 4.02. The van der Waals surface area contributed by atoms with Crippen LogP contribution < -0.4 is 10.3 Å². The van der Waals surface area contributed by atoms with E-state index in [2.05, 4.69) is 16.7 Å². The minimum absolute atomic E-state index is 0.518. The summed E-state index contributed by atoms with van der Waals surface area (Å²) in [6.07, 6.45) is 8.04. The van der Waals surface area contributed by atoms with Crippen molar-refractivity contribution in [3.63, 3.8) is 0 Å². The zero-order chi connectivity index (χ0) is 20.5. The Morgan fingerprint density at radius 2 is 1.21 bits per heavy atom. The van der Waals surface area contributed by atoms with Gasteiger partial charge in [-0.2, -0.15) is 15.1 Å². The van der Waals surface area contributed by atoms with Crippen LogP contribution in [0.3, 0.4) is 0 Å². The smallest absolute Gasteiger partial charge is 0.205 e. The van der Waals surface area contributed by atoms with E-state index in [0.717, 1.165) is 22.5 Å². The number of nitrogens with two attached hydrogens (primary N) is 1. The van der Waals surface area contributed by atoms with Crippen molar-refractivity contribution in [2.24, 2.45) is 5.73 Å². The van der Waals surface area contributed by atoms with Crippen LogP contribution in [0.1, 0.15) is 33.6 Å². The molecule has 0 radical (unpaired) electrons. The monoisotopic (exact) mass is 377 g/mol. The summed E-state index contributed by atoms with van der Waals surface area (Å²) in [7, 11) is 0. The Hall–Kier alpha value is -3.99. The maximum Gasteiger partial charge on any atom is 0.205 e. The Labute approximate surface area is 171 Å². The summed E-state index contributed by atoms with van der Waals surface area (Å²) in [6.45, 7) is 1.20. The van der Waals surface area contributed by atoms with E-state index in [9.17, 15) is 0 Å². The lowest BCUT2D eigenvalue weighted by atomic mass is 10.1. The Morgan fingerprint density at radius 1 is 0.724 bits per heavy atom. The third-order valence-corrected chi connectivity index (χ3v) is 4.43. The summed E-state index contributed by atoms with van der Waals surface area (Å²) >= 11 is 0. The molecule has 3 rings (SSSR count). The molecule has 2 N–H and O–H groups in total. The van der Waals surface area contributed by atoms with E-state index in [-0.39, 0.29) is 0 Å². The van der Waals surface area contributed by atoms with Crippen molar-refractivity contribution in [2.45, 2.75) is 6.54 Å². The molecule has 4 nitrogen and oxygen atoms in total. The molecule has 0 spiro atoms. The Morgan fingerprint density at radius 3 is 1.66 bits per heavy atom. The summed E-state index contributed by atoms with van der Waals surface area (Å²) in [5.74, 6) is 0. The van der Waals surface area contributed by atoms with Gasteiger partial charge in [0.25, 0.3) is 0 Å². The molecule has 3 aromatic rings. The summed E-state index contributed by atoms with van der Waals surface area (Å²) in [6, 6.07) is 25.4. The number of rotatable bonds is 6. The second-order valence-electron chi connectivity index (χ2n) is 6.46. The molecule has 0 fully saturated rings. The van der Waals surface area contributed by atoms with E-state index < -0.39 is 0 Å². The first-order chi connectivity index (χ1) is 14.2. The lowest BCUT2D eigenvalue weighted by Gasteiger charge is -2.04. The zero-order valence-corrected chi connectivity index (χ0v) is 16.0. The van der Waals surface area contributed by atoms with E-state index in [1.807, 2.05) is 78.9 Å². The van der Waals surface area contributed by atoms with E-state index in [1.54, 1.807) is 12.1 Å². The van der Waals surface area contributed by atoms with Crippen LogP contribution in [0.25, 0.3) is 24.3 Å². The molecule has 0 amide bonds. The first kappa shape index (κ1) is 19.8. The van der Waals surface area contributed by atoms with E-state index >= 15 is 0 Å². The second kappa shape index (κ2) is 9.80. The van der Waals surface area contributed by atoms with E-state index in [1.165, 1.54) is 0 Å². The molecular weight excluding hydrogens is 356 g/mol. The zero-order valence-electron chi connectivity index (χ0n) is 16.0. The van der Waals surface area contributed by atoms with Gasteiger partial charge in [-0.3, -0.25) is 0 Å². The highest BCUT2D eigenvalue weighted by molar-refractivity contribution is 5.70. The molecule has 29 heavy (non-hydrogen) atoms. The largest absolute Gasteiger partial charge is 0.325 e. The molecular formula is C25H21N4+. The molecule has 0 unspecified atom stereocenters. The highest BCUT2D eigenvalue weighted by atomic mass is 15.0. The number of hydrogen-bond acceptors (Lipinski definition) is 3. The van der Waals surface area contributed by atoms with E-state index in [0.29, 0.717) is 24.2 Å². The lowest BCUT2D eigenvalue weighted by molar-refractivity contribution is -0.697. The van der Waals surface area contributed by atoms with Crippen molar-refractivity contribution >= 4 is 24.3 Å². The standard InChI is InChI=1S/C25H21N4/c26-14-15-29-24(12-10-20-4-1-6-22(16-20)18-27)8-3-9-25(29)13-11-21-5-2-7-23(17-21)19-28/h1-13,16-17H,14-15,26H2/q+1/b12-10+,13-11+. The van der Waals surface area contributed by atoms with Gasteiger partial charge >= 0.3 is 0 Å². The van der Waals surface area contributed by atoms with Crippen LogP contribution in [0.5, 0.6) is 0 Å². The van der Waals surface area contributed by atoms with Crippen molar-refractivity contribution in [1.82, 2.24) is 0 Å². The number of aromatic nitrogens is 1. The van der Waals surface area contributed by atoms with Crippen molar-refractivity contribution in [2.75, 3.05) is 6.54 Å². The maximum atomic E-state index is 9.07. The van der Waals surface area contributed by atoms with Gasteiger partial charge in [-0.05, 0) is 53.6 Å². The van der Waals surface area contributed by atoms with E-state index in [4.69, 9.17) is 16.3 Å². The fraction of sp³-hybridized carbons (Fsp3) is 0.0800. The quantitative estimate of drug-likeness (QED) is 0.659. The predicted molar refractivity (Wildman–Crippen MR) is 116 cm³/mol. The first-order valence-corrected chi connectivity index (χ1v) is 9.33. The minimum atomic E-state index is 0.518. The van der Waals surface area contributed by atoms with Crippen molar-refractivity contribution in [3.8, 4) is 12.1 Å². The average molecular weight is 377 g/mol. The minimum Gasteiger partial charge on any atom is -0.325 e. The molecule has 1 heterocycles. The topological polar surface area (TPSA) is 77.5 Å². The Bertz CT molecular complexity index is 1060. The van der Waals surface area contributed by atoms with Gasteiger partial charge in [0, 0.05) is 24.3 Å². The van der Waals surface area contributed by atoms with Gasteiger partial charge in [0.15, 0.2) is 6.54 Å². The van der Waals surface area contributed by atoms with Gasteiger partial charge in [0.05, 0.1) is 29.8 Å². The van der Waals surface area contributed by atoms with Gasteiger partial charge in [0.1, 0.15) is 0 Å². The first-order valence-electron chi connectivity index (χ1n) is 9.33. The number of hydrogen-bond donors (Lipinski definition) is 1. The molecule has 4 heteroatoms. The Kier molecular flexibility index (Phi) is 6.68. The maximum absolute atomic E-state index is 9.07.